The van der Waals surface area contributed by atoms with Gasteiger partial charge in [0.1, 0.15) is 6.10 Å². The summed E-state index contributed by atoms with van der Waals surface area (Å²) >= 11 is 0. The average Bonchev–Trinajstić information content (AvgIpc) is 2.67. The zero-order valence-corrected chi connectivity index (χ0v) is 9.52. The molecule has 0 radical (unpaired) electrons. The molecule has 0 aromatic carbocycles. The van der Waals surface area contributed by atoms with Crippen molar-refractivity contribution in [1.82, 2.24) is 4.90 Å². The molecule has 4 heteroatoms. The highest BCUT2D eigenvalue weighted by Crippen LogP contribution is 2.41. The van der Waals surface area contributed by atoms with Crippen LogP contribution in [0.25, 0.3) is 0 Å². The molecule has 0 aromatic rings. The summed E-state index contributed by atoms with van der Waals surface area (Å²) in [7, 11) is 0. The van der Waals surface area contributed by atoms with Crippen LogP contribution in [0.1, 0.15) is 32.6 Å². The van der Waals surface area contributed by atoms with Crippen LogP contribution >= 0.6 is 0 Å². The lowest BCUT2D eigenvalue weighted by Crippen LogP contribution is -2.41. The fourth-order valence-electron chi connectivity index (χ4n) is 3.56. The Morgan fingerprint density at radius 2 is 2.12 bits per heavy atom. The second-order valence-electron chi connectivity index (χ2n) is 5.18. The molecular weight excluding hydrogens is 206 g/mol. The summed E-state index contributed by atoms with van der Waals surface area (Å²) in [6, 6.07) is 0.251. The predicted octanol–water partition coefficient (Wildman–Crippen LogP) is 0.949. The minimum atomic E-state index is -0.0730. The standard InChI is InChI=1S/C12H17NO3/c1-7-11-8-4-5-10(14)13(8)6-2-3-9(11)16-12(7)15/h7-9,11H,2-6H2,1H3/t7-,8?,9+,11?/m0/s1. The van der Waals surface area contributed by atoms with Crippen molar-refractivity contribution in [1.29, 1.82) is 0 Å². The Morgan fingerprint density at radius 1 is 1.31 bits per heavy atom. The van der Waals surface area contributed by atoms with Gasteiger partial charge in [-0.3, -0.25) is 9.59 Å². The van der Waals surface area contributed by atoms with Crippen LogP contribution in [-0.4, -0.2) is 35.5 Å². The number of nitrogens with zero attached hydrogens (tertiary/aromatic N) is 1. The third kappa shape index (κ3) is 1.28. The molecule has 3 fully saturated rings. The van der Waals surface area contributed by atoms with Crippen LogP contribution in [0.3, 0.4) is 0 Å². The molecule has 4 nitrogen and oxygen atoms in total. The third-order valence-electron chi connectivity index (χ3n) is 4.35. The Morgan fingerprint density at radius 3 is 2.94 bits per heavy atom. The lowest BCUT2D eigenvalue weighted by molar-refractivity contribution is -0.144. The monoisotopic (exact) mass is 223 g/mol. The Kier molecular flexibility index (Phi) is 2.19. The molecule has 0 N–H and O–H groups in total. The molecule has 3 aliphatic rings. The summed E-state index contributed by atoms with van der Waals surface area (Å²) in [4.78, 5) is 25.3. The molecule has 0 bridgehead atoms. The SMILES string of the molecule is C[C@@H]1C(=O)O[C@@H]2CCCN3C(=O)CCC3C12. The summed E-state index contributed by atoms with van der Waals surface area (Å²) in [5.41, 5.74) is 0. The lowest BCUT2D eigenvalue weighted by Gasteiger charge is -2.29. The number of esters is 1. The average molecular weight is 223 g/mol. The predicted molar refractivity (Wildman–Crippen MR) is 56.5 cm³/mol. The second kappa shape index (κ2) is 3.47. The first-order chi connectivity index (χ1) is 7.68. The van der Waals surface area contributed by atoms with Gasteiger partial charge in [-0.25, -0.2) is 0 Å². The minimum absolute atomic E-state index is 0.0403. The van der Waals surface area contributed by atoms with E-state index in [1.807, 2.05) is 11.8 Å². The summed E-state index contributed by atoms with van der Waals surface area (Å²) in [5.74, 6) is 0.386. The van der Waals surface area contributed by atoms with E-state index in [0.29, 0.717) is 6.42 Å². The fourth-order valence-corrected chi connectivity index (χ4v) is 3.56. The van der Waals surface area contributed by atoms with Gasteiger partial charge in [0.15, 0.2) is 0 Å². The van der Waals surface area contributed by atoms with E-state index < -0.39 is 0 Å². The fraction of sp³-hybridized carbons (Fsp3) is 0.833. The molecular formula is C12H17NO3. The van der Waals surface area contributed by atoms with E-state index in [9.17, 15) is 9.59 Å². The first-order valence-corrected chi connectivity index (χ1v) is 6.18. The normalized spacial score (nSPS) is 42.7. The van der Waals surface area contributed by atoms with Gasteiger partial charge in [-0.1, -0.05) is 6.92 Å². The third-order valence-corrected chi connectivity index (χ3v) is 4.35. The molecule has 88 valence electrons. The largest absolute Gasteiger partial charge is 0.462 e. The zero-order valence-electron chi connectivity index (χ0n) is 9.52. The van der Waals surface area contributed by atoms with Crippen molar-refractivity contribution in [3.8, 4) is 0 Å². The second-order valence-corrected chi connectivity index (χ2v) is 5.18. The van der Waals surface area contributed by atoms with Gasteiger partial charge in [0.2, 0.25) is 5.91 Å². The summed E-state index contributed by atoms with van der Waals surface area (Å²) in [6.07, 6.45) is 3.49. The van der Waals surface area contributed by atoms with E-state index in [2.05, 4.69) is 0 Å². The Labute approximate surface area is 94.9 Å². The minimum Gasteiger partial charge on any atom is -0.462 e. The number of amides is 1. The number of hydrogen-bond acceptors (Lipinski definition) is 3. The number of ether oxygens (including phenoxy) is 1. The molecule has 0 spiro atoms. The Balaban J connectivity index is 1.91. The topological polar surface area (TPSA) is 46.6 Å². The number of rotatable bonds is 0. The molecule has 2 unspecified atom stereocenters. The number of fused-ring (bicyclic) bond motifs is 3. The number of hydrogen-bond donors (Lipinski definition) is 0. The molecule has 3 aliphatic heterocycles. The van der Waals surface area contributed by atoms with Crippen molar-refractivity contribution >= 4 is 11.9 Å². The molecule has 3 saturated heterocycles. The lowest BCUT2D eigenvalue weighted by atomic mass is 9.83. The first kappa shape index (κ1) is 10.1. The Bertz CT molecular complexity index is 339. The van der Waals surface area contributed by atoms with Crippen LogP contribution in [0.15, 0.2) is 0 Å². The van der Waals surface area contributed by atoms with Crippen LogP contribution in [0, 0.1) is 11.8 Å². The van der Waals surface area contributed by atoms with Crippen molar-refractivity contribution in [2.75, 3.05) is 6.54 Å². The van der Waals surface area contributed by atoms with Crippen molar-refractivity contribution in [2.45, 2.75) is 44.8 Å². The molecule has 1 amide bonds. The van der Waals surface area contributed by atoms with Gasteiger partial charge in [0.25, 0.3) is 0 Å². The van der Waals surface area contributed by atoms with Gasteiger partial charge < -0.3 is 9.64 Å². The first-order valence-electron chi connectivity index (χ1n) is 6.18. The van der Waals surface area contributed by atoms with Crippen LogP contribution in [0.2, 0.25) is 0 Å². The van der Waals surface area contributed by atoms with E-state index in [0.717, 1.165) is 25.8 Å². The molecule has 3 heterocycles. The van der Waals surface area contributed by atoms with E-state index in [-0.39, 0.29) is 35.9 Å². The maximum atomic E-state index is 11.7. The summed E-state index contributed by atoms with van der Waals surface area (Å²) in [5, 5.41) is 0. The molecule has 0 aliphatic carbocycles. The smallest absolute Gasteiger partial charge is 0.309 e. The molecule has 16 heavy (non-hydrogen) atoms. The van der Waals surface area contributed by atoms with Gasteiger partial charge in [0.05, 0.1) is 5.92 Å². The van der Waals surface area contributed by atoms with Crippen molar-refractivity contribution in [2.24, 2.45) is 11.8 Å². The summed E-state index contributed by atoms with van der Waals surface area (Å²) < 4.78 is 5.42. The number of carbonyl (C=O) groups is 2. The molecule has 0 aromatic heterocycles. The van der Waals surface area contributed by atoms with Gasteiger partial charge in [0, 0.05) is 24.9 Å². The van der Waals surface area contributed by atoms with E-state index >= 15 is 0 Å². The van der Waals surface area contributed by atoms with Gasteiger partial charge in [-0.2, -0.15) is 0 Å². The van der Waals surface area contributed by atoms with Crippen LogP contribution < -0.4 is 0 Å². The molecule has 4 atom stereocenters. The van der Waals surface area contributed by atoms with Crippen LogP contribution in [0.4, 0.5) is 0 Å². The van der Waals surface area contributed by atoms with E-state index in [4.69, 9.17) is 4.74 Å². The van der Waals surface area contributed by atoms with Crippen molar-refractivity contribution in [3.05, 3.63) is 0 Å². The van der Waals surface area contributed by atoms with Crippen LogP contribution in [0.5, 0.6) is 0 Å². The molecule has 0 saturated carbocycles. The quantitative estimate of drug-likeness (QED) is 0.574. The van der Waals surface area contributed by atoms with E-state index in [1.165, 1.54) is 0 Å². The van der Waals surface area contributed by atoms with Gasteiger partial charge >= 0.3 is 5.97 Å². The summed E-state index contributed by atoms with van der Waals surface area (Å²) in [6.45, 7) is 2.79. The highest BCUT2D eigenvalue weighted by atomic mass is 16.6. The van der Waals surface area contributed by atoms with E-state index in [1.54, 1.807) is 0 Å². The van der Waals surface area contributed by atoms with Gasteiger partial charge in [-0.05, 0) is 19.3 Å². The van der Waals surface area contributed by atoms with Crippen molar-refractivity contribution < 1.29 is 14.3 Å². The van der Waals surface area contributed by atoms with Gasteiger partial charge in [-0.15, -0.1) is 0 Å². The maximum absolute atomic E-state index is 11.7. The highest BCUT2D eigenvalue weighted by Gasteiger charge is 2.51. The van der Waals surface area contributed by atoms with Crippen molar-refractivity contribution in [3.63, 3.8) is 0 Å². The highest BCUT2D eigenvalue weighted by molar-refractivity contribution is 5.80. The maximum Gasteiger partial charge on any atom is 0.309 e. The number of carbonyl (C=O) groups excluding carboxylic acids is 2. The van der Waals surface area contributed by atoms with Crippen LogP contribution in [-0.2, 0) is 14.3 Å². The Hall–Kier alpha value is -1.06. The molecule has 3 rings (SSSR count). The zero-order chi connectivity index (χ0) is 11.3.